The third-order valence-electron chi connectivity index (χ3n) is 4.08. The minimum Gasteiger partial charge on any atom is -0.381 e. The maximum Gasteiger partial charge on any atom is 0.239 e. The number of rotatable bonds is 5. The molecule has 0 saturated heterocycles. The summed E-state index contributed by atoms with van der Waals surface area (Å²) < 4.78 is 21.5. The summed E-state index contributed by atoms with van der Waals surface area (Å²) in [5.41, 5.74) is 7.94. The lowest BCUT2D eigenvalue weighted by atomic mass is 10.3. The molecule has 2 aromatic carbocycles. The van der Waals surface area contributed by atoms with Gasteiger partial charge in [-0.05, 0) is 36.4 Å². The Morgan fingerprint density at radius 2 is 1.86 bits per heavy atom. The van der Waals surface area contributed by atoms with E-state index >= 15 is 0 Å². The van der Waals surface area contributed by atoms with Crippen molar-refractivity contribution >= 4 is 40.0 Å². The summed E-state index contributed by atoms with van der Waals surface area (Å²) in [6.45, 7) is 0.231. The summed E-state index contributed by atoms with van der Waals surface area (Å²) in [4.78, 5) is 13.0. The molecule has 0 unspecified atom stereocenters. The van der Waals surface area contributed by atoms with Crippen LogP contribution >= 0.6 is 11.6 Å². The molecular weight excluding hydrogens is 383 g/mol. The second-order valence-electron chi connectivity index (χ2n) is 5.99. The van der Waals surface area contributed by atoms with E-state index in [1.807, 2.05) is 24.3 Å². The van der Waals surface area contributed by atoms with Gasteiger partial charge in [0.25, 0.3) is 0 Å². The summed E-state index contributed by atoms with van der Waals surface area (Å²) in [7, 11) is 1.57. The Morgan fingerprint density at radius 3 is 2.61 bits per heavy atom. The molecule has 2 aromatic heterocycles. The molecule has 0 fully saturated rings. The zero-order valence-electron chi connectivity index (χ0n) is 14.9. The van der Waals surface area contributed by atoms with Gasteiger partial charge in [-0.2, -0.15) is 14.4 Å². The summed E-state index contributed by atoms with van der Waals surface area (Å²) in [6.07, 6.45) is 0. The molecule has 0 spiro atoms. The lowest BCUT2D eigenvalue weighted by Crippen LogP contribution is -2.12. The Balaban J connectivity index is 1.85. The van der Waals surface area contributed by atoms with Gasteiger partial charge in [0.2, 0.25) is 11.8 Å². The molecule has 0 aliphatic heterocycles. The fraction of sp³-hybridized carbons (Fsp3) is 0.105. The Kier molecular flexibility index (Phi) is 4.81. The van der Waals surface area contributed by atoms with Crippen molar-refractivity contribution in [2.75, 3.05) is 18.2 Å². The fourth-order valence-electron chi connectivity index (χ4n) is 2.83. The number of hydrogen-bond donors (Lipinski definition) is 2. The van der Waals surface area contributed by atoms with Crippen LogP contribution in [0.25, 0.3) is 17.0 Å². The van der Waals surface area contributed by atoms with Crippen LogP contribution in [-0.2, 0) is 11.3 Å². The highest BCUT2D eigenvalue weighted by Gasteiger charge is 2.19. The highest BCUT2D eigenvalue weighted by molar-refractivity contribution is 6.30. The van der Waals surface area contributed by atoms with Gasteiger partial charge in [0.05, 0.1) is 11.0 Å². The van der Waals surface area contributed by atoms with E-state index in [2.05, 4.69) is 20.3 Å². The van der Waals surface area contributed by atoms with E-state index in [1.165, 1.54) is 0 Å². The lowest BCUT2D eigenvalue weighted by molar-refractivity contribution is 0.176. The monoisotopic (exact) mass is 398 g/mol. The van der Waals surface area contributed by atoms with Crippen molar-refractivity contribution in [2.45, 2.75) is 6.61 Å². The normalized spacial score (nSPS) is 11.1. The van der Waals surface area contributed by atoms with E-state index in [4.69, 9.17) is 22.1 Å². The second-order valence-corrected chi connectivity index (χ2v) is 6.42. The highest BCUT2D eigenvalue weighted by Crippen LogP contribution is 2.26. The number of nitrogen functional groups attached to an aromatic ring is 1. The molecule has 0 amide bonds. The van der Waals surface area contributed by atoms with Crippen LogP contribution in [0, 0.1) is 5.82 Å². The molecule has 0 atom stereocenters. The van der Waals surface area contributed by atoms with Gasteiger partial charge in [0.1, 0.15) is 12.4 Å². The topological polar surface area (TPSA) is 90.9 Å². The number of hydrogen-bond acceptors (Lipinski definition) is 6. The predicted molar refractivity (Wildman–Crippen MR) is 106 cm³/mol. The van der Waals surface area contributed by atoms with Crippen LogP contribution in [0.4, 0.5) is 21.7 Å². The number of fused-ring (bicyclic) bond motifs is 1. The van der Waals surface area contributed by atoms with Gasteiger partial charge in [-0.25, -0.2) is 4.98 Å². The fourth-order valence-corrected chi connectivity index (χ4v) is 2.96. The molecule has 2 heterocycles. The Labute approximate surface area is 165 Å². The summed E-state index contributed by atoms with van der Waals surface area (Å²) >= 11 is 5.90. The van der Waals surface area contributed by atoms with Crippen LogP contribution in [0.1, 0.15) is 5.82 Å². The number of para-hydroxylation sites is 2. The predicted octanol–water partition coefficient (Wildman–Crippen LogP) is 4.08. The molecule has 4 rings (SSSR count). The van der Waals surface area contributed by atoms with Gasteiger partial charge in [-0.15, -0.1) is 0 Å². The number of nitrogens with two attached hydrogens (primary N) is 1. The van der Waals surface area contributed by atoms with Crippen molar-refractivity contribution in [3.05, 3.63) is 65.2 Å². The maximum absolute atomic E-state index is 14.6. The van der Waals surface area contributed by atoms with Crippen molar-refractivity contribution in [2.24, 2.45) is 0 Å². The van der Waals surface area contributed by atoms with Crippen LogP contribution in [0.3, 0.4) is 0 Å². The number of nitrogens with zero attached hydrogens (tertiary/aromatic N) is 4. The van der Waals surface area contributed by atoms with Crippen molar-refractivity contribution in [3.8, 4) is 5.95 Å². The number of methoxy groups -OCH3 is 1. The molecule has 0 aliphatic carbocycles. The van der Waals surface area contributed by atoms with E-state index < -0.39 is 5.82 Å². The molecule has 7 nitrogen and oxygen atoms in total. The number of ether oxygens (including phenoxy) is 1. The molecule has 0 aliphatic rings. The van der Waals surface area contributed by atoms with Crippen molar-refractivity contribution in [3.63, 3.8) is 0 Å². The smallest absolute Gasteiger partial charge is 0.239 e. The number of benzene rings is 2. The first-order valence-corrected chi connectivity index (χ1v) is 8.76. The van der Waals surface area contributed by atoms with E-state index in [0.717, 1.165) is 11.0 Å². The Morgan fingerprint density at radius 1 is 1.11 bits per heavy atom. The van der Waals surface area contributed by atoms with Crippen molar-refractivity contribution < 1.29 is 9.13 Å². The first-order chi connectivity index (χ1) is 13.6. The third-order valence-corrected chi connectivity index (χ3v) is 4.33. The van der Waals surface area contributed by atoms with Crippen LogP contribution in [0.5, 0.6) is 0 Å². The minimum absolute atomic E-state index is 0.0500. The molecule has 4 aromatic rings. The molecule has 3 N–H and O–H groups in total. The first kappa shape index (κ1) is 18.1. The average molecular weight is 399 g/mol. The molecule has 28 heavy (non-hydrogen) atoms. The largest absolute Gasteiger partial charge is 0.381 e. The summed E-state index contributed by atoms with van der Waals surface area (Å²) in [6, 6.07) is 14.3. The quantitative estimate of drug-likeness (QED) is 0.526. The van der Waals surface area contributed by atoms with Crippen LogP contribution in [0.2, 0.25) is 5.02 Å². The first-order valence-electron chi connectivity index (χ1n) is 8.38. The number of halogens is 2. The molecule has 0 saturated carbocycles. The number of imidazole rings is 1. The van der Waals surface area contributed by atoms with E-state index in [-0.39, 0.29) is 24.2 Å². The van der Waals surface area contributed by atoms with E-state index in [1.54, 1.807) is 35.9 Å². The Bertz CT molecular complexity index is 1150. The number of nitrogens with one attached hydrogen (secondary N) is 1. The van der Waals surface area contributed by atoms with E-state index in [0.29, 0.717) is 16.5 Å². The minimum atomic E-state index is -0.739. The zero-order valence-corrected chi connectivity index (χ0v) is 15.6. The van der Waals surface area contributed by atoms with Gasteiger partial charge >= 0.3 is 0 Å². The molecule has 0 bridgehead atoms. The van der Waals surface area contributed by atoms with Gasteiger partial charge in [-0.3, -0.25) is 4.57 Å². The van der Waals surface area contributed by atoms with Crippen LogP contribution in [-0.4, -0.2) is 26.6 Å². The van der Waals surface area contributed by atoms with Gasteiger partial charge < -0.3 is 15.8 Å². The Hall–Kier alpha value is -3.23. The van der Waals surface area contributed by atoms with Crippen LogP contribution in [0.15, 0.2) is 48.5 Å². The summed E-state index contributed by atoms with van der Waals surface area (Å²) in [5, 5.41) is 3.48. The second kappa shape index (κ2) is 7.41. The number of aromatic nitrogens is 4. The number of anilines is 3. The molecule has 142 valence electrons. The standard InChI is InChI=1S/C19H16ClFN6O/c1-28-10-15-24-13-4-2-3-5-14(13)27(15)19-25-17(22)16(21)18(26-19)23-12-8-6-11(20)7-9-12/h2-9H,10H2,1H3,(H3,22,23,25,26). The molecule has 0 radical (unpaired) electrons. The van der Waals surface area contributed by atoms with Gasteiger partial charge in [0.15, 0.2) is 11.6 Å². The van der Waals surface area contributed by atoms with E-state index in [9.17, 15) is 4.39 Å². The maximum atomic E-state index is 14.6. The molecule has 9 heteroatoms. The van der Waals surface area contributed by atoms with Crippen LogP contribution < -0.4 is 11.1 Å². The highest BCUT2D eigenvalue weighted by atomic mass is 35.5. The third kappa shape index (κ3) is 3.35. The van der Waals surface area contributed by atoms with Gasteiger partial charge in [0, 0.05) is 17.8 Å². The van der Waals surface area contributed by atoms with Crippen molar-refractivity contribution in [1.82, 2.24) is 19.5 Å². The van der Waals surface area contributed by atoms with Crippen molar-refractivity contribution in [1.29, 1.82) is 0 Å². The summed E-state index contributed by atoms with van der Waals surface area (Å²) in [5.74, 6) is -0.298. The molecular formula is C19H16ClFN6O. The van der Waals surface area contributed by atoms with Gasteiger partial charge in [-0.1, -0.05) is 23.7 Å². The lowest BCUT2D eigenvalue weighted by Gasteiger charge is -2.12. The SMILES string of the molecule is COCc1nc2ccccc2n1-c1nc(N)c(F)c(Nc2ccc(Cl)cc2)n1. The zero-order chi connectivity index (χ0) is 19.7. The average Bonchev–Trinajstić information content (AvgIpc) is 3.05.